The monoisotopic (exact) mass is 1840 g/mol. The van der Waals surface area contributed by atoms with Crippen molar-refractivity contribution < 1.29 is 135 Å². The van der Waals surface area contributed by atoms with Crippen LogP contribution in [-0.4, -0.2) is 269 Å². The molecule has 8 rings (SSSR count). The summed E-state index contributed by atoms with van der Waals surface area (Å²) in [5.74, 6) is -20.1. The summed E-state index contributed by atoms with van der Waals surface area (Å²) in [6.45, 7) is 17.7. The number of aliphatic hydroxyl groups is 4. The Morgan fingerprint density at radius 1 is 0.283 bits per heavy atom. The van der Waals surface area contributed by atoms with Gasteiger partial charge in [0.15, 0.2) is 0 Å². The van der Waals surface area contributed by atoms with Gasteiger partial charge in [-0.15, -0.1) is 0 Å². The van der Waals surface area contributed by atoms with Crippen LogP contribution in [0.3, 0.4) is 0 Å². The van der Waals surface area contributed by atoms with Gasteiger partial charge in [0.1, 0.15) is 64.9 Å². The molecule has 4 aliphatic carbocycles. The largest absolute Gasteiger partial charge is 0.468 e. The van der Waals surface area contributed by atoms with E-state index in [1.165, 1.54) is 24.3 Å². The Kier molecular flexibility index (Phi) is 35.7. The number of aromatic nitrogens is 4. The molecule has 0 aliphatic heterocycles. The molecule has 120 heavy (non-hydrogen) atoms. The number of carbonyl (C=O) groups excluding carboxylic acids is 12. The van der Waals surface area contributed by atoms with E-state index in [2.05, 4.69) is 19.9 Å². The predicted molar refractivity (Wildman–Crippen MR) is 430 cm³/mol. The molecule has 0 bridgehead atoms. The molecule has 4 heterocycles. The zero-order chi connectivity index (χ0) is 91.2. The van der Waals surface area contributed by atoms with E-state index in [1.54, 1.807) is 19.6 Å². The Morgan fingerprint density at radius 2 is 0.433 bits per heavy atom. The summed E-state index contributed by atoms with van der Waals surface area (Å²) in [4.78, 5) is 177. The highest BCUT2D eigenvalue weighted by atomic mass is 35.5. The van der Waals surface area contributed by atoms with Crippen LogP contribution < -0.4 is 0 Å². The molecule has 44 heteroatoms. The standard InChI is InChI=1S/4C19H22Cl2N2O7/c4*1-6-23(7-2)14-11-9(8-10(20)22-15(11)21)19(27,18(26)30-5)13(17(25)29-4)12(14)16(24)28-3/h4*8,13,27H,6-7H2,1-5H3/t4*13-,19-/m1111/s1. The van der Waals surface area contributed by atoms with Gasteiger partial charge in [-0.25, -0.2) is 58.3 Å². The molecule has 4 aliphatic rings. The van der Waals surface area contributed by atoms with E-state index in [-0.39, 0.29) is 131 Å². The van der Waals surface area contributed by atoms with Crippen LogP contribution in [0.25, 0.3) is 22.8 Å². The lowest BCUT2D eigenvalue weighted by molar-refractivity contribution is -0.179. The third-order valence-electron chi connectivity index (χ3n) is 19.9. The van der Waals surface area contributed by atoms with E-state index in [1.807, 2.05) is 55.4 Å². The fourth-order valence-corrected chi connectivity index (χ4v) is 16.6. The normalized spacial score (nSPS) is 20.3. The molecule has 0 saturated heterocycles. The van der Waals surface area contributed by atoms with Crippen LogP contribution in [0.15, 0.2) is 46.6 Å². The summed E-state index contributed by atoms with van der Waals surface area (Å²) in [6.07, 6.45) is 0. The Labute approximate surface area is 728 Å². The maximum atomic E-state index is 12.9. The average Bonchev–Trinajstić information content (AvgIpc) is 0.725. The fourth-order valence-electron chi connectivity index (χ4n) is 14.5. The van der Waals surface area contributed by atoms with E-state index in [9.17, 15) is 78.0 Å². The minimum atomic E-state index is -2.67. The lowest BCUT2D eigenvalue weighted by Crippen LogP contribution is -2.53. The van der Waals surface area contributed by atoms with Gasteiger partial charge in [0.2, 0.25) is 22.4 Å². The van der Waals surface area contributed by atoms with Crippen molar-refractivity contribution >= 4 is 187 Å². The topological polar surface area (TPSA) is 461 Å². The summed E-state index contributed by atoms with van der Waals surface area (Å²) < 4.78 is 57.9. The summed E-state index contributed by atoms with van der Waals surface area (Å²) in [5.41, 5.74) is -11.5. The van der Waals surface area contributed by atoms with Gasteiger partial charge >= 0.3 is 71.6 Å². The minimum absolute atomic E-state index is 0.0678. The third-order valence-corrected chi connectivity index (χ3v) is 21.8. The Hall–Kier alpha value is -9.44. The summed E-state index contributed by atoms with van der Waals surface area (Å²) in [6, 6.07) is 4.81. The van der Waals surface area contributed by atoms with Crippen molar-refractivity contribution in [2.45, 2.75) is 77.8 Å². The third kappa shape index (κ3) is 18.2. The number of fused-ring (bicyclic) bond motifs is 4. The molecule has 0 unspecified atom stereocenters. The molecule has 4 N–H and O–H groups in total. The van der Waals surface area contributed by atoms with Crippen LogP contribution in [0.4, 0.5) is 0 Å². The number of methoxy groups -OCH3 is 12. The highest BCUT2D eigenvalue weighted by Gasteiger charge is 2.65. The van der Waals surface area contributed by atoms with Gasteiger partial charge in [0.25, 0.3) is 0 Å². The first kappa shape index (κ1) is 101. The zero-order valence-electron chi connectivity index (χ0n) is 68.5. The molecular weight excluding hydrogens is 1760 g/mol. The number of hydrogen-bond donors (Lipinski definition) is 4. The number of esters is 12. The first-order chi connectivity index (χ1) is 56.5. The van der Waals surface area contributed by atoms with E-state index in [0.717, 1.165) is 85.3 Å². The molecule has 0 amide bonds. The first-order valence-electron chi connectivity index (χ1n) is 35.8. The van der Waals surface area contributed by atoms with Crippen LogP contribution in [0.1, 0.15) is 99.9 Å². The van der Waals surface area contributed by atoms with Gasteiger partial charge < -0.3 is 96.9 Å². The van der Waals surface area contributed by atoms with Crippen molar-refractivity contribution in [3.63, 3.8) is 0 Å². The van der Waals surface area contributed by atoms with Gasteiger partial charge in [-0.2, -0.15) is 0 Å². The van der Waals surface area contributed by atoms with Crippen LogP contribution >= 0.6 is 92.8 Å². The number of hydrogen-bond acceptors (Lipinski definition) is 36. The SMILES string of the molecule is CCN(CC)C1=C(C(=O)OC)[C@H](C(=O)OC)[C@@](O)(C(=O)OC)c2cc(Cl)nc(Cl)c21.CCN(CC)C1=C(C(=O)OC)[C@H](C(=O)OC)[C@@](O)(C(=O)OC)c2cc(Cl)nc(Cl)c21.CCN(CC)C1=C(C(=O)OC)[C@H](C(=O)OC)[C@@](O)(C(=O)OC)c2cc(Cl)nc(Cl)c21.CCN(CC)C1=C(C(=O)OC)[C@H](C(=O)OC)[C@@](O)(C(=O)OC)c2cc(Cl)nc(Cl)c21. The van der Waals surface area contributed by atoms with Crippen molar-refractivity contribution in [1.82, 2.24) is 39.5 Å². The maximum Gasteiger partial charge on any atom is 0.343 e. The average molecular weight is 1850 g/mol. The van der Waals surface area contributed by atoms with Crippen molar-refractivity contribution in [3.05, 3.63) is 132 Å². The second-order valence-corrected chi connectivity index (χ2v) is 28.2. The predicted octanol–water partition coefficient (Wildman–Crippen LogP) is 7.11. The lowest BCUT2D eigenvalue weighted by Gasteiger charge is -2.41. The number of halogens is 8. The van der Waals surface area contributed by atoms with Crippen molar-refractivity contribution in [1.29, 1.82) is 0 Å². The molecule has 4 aromatic heterocycles. The minimum Gasteiger partial charge on any atom is -0.468 e. The van der Waals surface area contributed by atoms with E-state index < -0.39 is 118 Å². The van der Waals surface area contributed by atoms with Crippen LogP contribution in [0, 0.1) is 23.7 Å². The Bertz CT molecular complexity index is 4250. The lowest BCUT2D eigenvalue weighted by atomic mass is 9.69. The number of carbonyl (C=O) groups is 12. The first-order valence-corrected chi connectivity index (χ1v) is 38.9. The van der Waals surface area contributed by atoms with Gasteiger partial charge in [0, 0.05) is 96.9 Å². The highest BCUT2D eigenvalue weighted by Crippen LogP contribution is 2.56. The van der Waals surface area contributed by atoms with Crippen LogP contribution in [0.5, 0.6) is 0 Å². The van der Waals surface area contributed by atoms with Crippen LogP contribution in [0.2, 0.25) is 41.2 Å². The van der Waals surface area contributed by atoms with Crippen molar-refractivity contribution in [3.8, 4) is 0 Å². The summed E-state index contributed by atoms with van der Waals surface area (Å²) >= 11 is 49.6. The second kappa shape index (κ2) is 42.4. The Balaban J connectivity index is 0.000000285. The molecule has 4 aromatic rings. The number of ether oxygens (including phenoxy) is 12. The molecule has 0 saturated carbocycles. The number of rotatable bonds is 24. The Morgan fingerprint density at radius 3 is 0.550 bits per heavy atom. The summed E-state index contributed by atoms with van der Waals surface area (Å²) in [7, 11) is 12.8. The molecule has 8 atom stereocenters. The smallest absolute Gasteiger partial charge is 0.343 e. The maximum absolute atomic E-state index is 12.9. The zero-order valence-corrected chi connectivity index (χ0v) is 74.5. The summed E-state index contributed by atoms with van der Waals surface area (Å²) in [5, 5.41) is 45.1. The quantitative estimate of drug-likeness (QED) is 0.0308. The molecule has 36 nitrogen and oxygen atoms in total. The molecule has 0 spiro atoms. The van der Waals surface area contributed by atoms with Gasteiger partial charge in [0.05, 0.1) is 130 Å². The van der Waals surface area contributed by atoms with E-state index >= 15 is 0 Å². The van der Waals surface area contributed by atoms with E-state index in [0.29, 0.717) is 52.4 Å². The van der Waals surface area contributed by atoms with Crippen LogP contribution in [-0.2, 0) is 137 Å². The second-order valence-electron chi connectivity index (χ2n) is 25.2. The van der Waals surface area contributed by atoms with Crippen molar-refractivity contribution in [2.75, 3.05) is 138 Å². The highest BCUT2D eigenvalue weighted by molar-refractivity contribution is 6.37. The van der Waals surface area contributed by atoms with Gasteiger partial charge in [-0.05, 0) is 79.7 Å². The van der Waals surface area contributed by atoms with Crippen molar-refractivity contribution in [2.24, 2.45) is 23.7 Å². The number of nitrogens with zero attached hydrogens (tertiary/aromatic N) is 8. The molecule has 0 radical (unpaired) electrons. The molecule has 0 aromatic carbocycles. The fraction of sp³-hybridized carbons (Fsp3) is 0.474. The van der Waals surface area contributed by atoms with Gasteiger partial charge in [-0.3, -0.25) is 19.2 Å². The molecular formula is C76H88Cl8N8O28. The number of pyridine rings is 4. The van der Waals surface area contributed by atoms with E-state index in [4.69, 9.17) is 150 Å². The molecule has 656 valence electrons. The molecule has 0 fully saturated rings. The van der Waals surface area contributed by atoms with Gasteiger partial charge in [-0.1, -0.05) is 92.8 Å².